The highest BCUT2D eigenvalue weighted by Crippen LogP contribution is 2.40. The van der Waals surface area contributed by atoms with Crippen LogP contribution >= 0.6 is 0 Å². The average Bonchev–Trinajstić information content (AvgIpc) is 3.21. The highest BCUT2D eigenvalue weighted by Gasteiger charge is 2.33. The molecule has 0 radical (unpaired) electrons. The zero-order chi connectivity index (χ0) is 17.8. The van der Waals surface area contributed by atoms with Crippen LogP contribution < -0.4 is 14.8 Å². The van der Waals surface area contributed by atoms with Gasteiger partial charge in [-0.2, -0.15) is 0 Å². The van der Waals surface area contributed by atoms with E-state index in [0.29, 0.717) is 12.6 Å². The van der Waals surface area contributed by atoms with Gasteiger partial charge in [-0.25, -0.2) is 0 Å². The molecule has 1 N–H and O–H groups in total. The second-order valence-electron chi connectivity index (χ2n) is 8.07. The molecule has 0 aliphatic carbocycles. The smallest absolute Gasteiger partial charge is 0.162 e. The number of piperazine rings is 3. The van der Waals surface area contributed by atoms with Gasteiger partial charge in [-0.1, -0.05) is 12.1 Å². The van der Waals surface area contributed by atoms with E-state index in [1.807, 2.05) is 0 Å². The number of hydrogen-bond donors (Lipinski definition) is 1. The molecule has 0 amide bonds. The van der Waals surface area contributed by atoms with Gasteiger partial charge in [0.1, 0.15) is 6.61 Å². The molecule has 27 heavy (non-hydrogen) atoms. The predicted octanol–water partition coefficient (Wildman–Crippen LogP) is 2.84. The fraction of sp³-hybridized carbons (Fsp3) is 0.455. The average molecular weight is 363 g/mol. The zero-order valence-electron chi connectivity index (χ0n) is 15.5. The molecule has 2 aromatic carbocycles. The minimum Gasteiger partial charge on any atom is -0.485 e. The van der Waals surface area contributed by atoms with Crippen molar-refractivity contribution in [3.05, 3.63) is 53.1 Å². The third kappa shape index (κ3) is 2.68. The van der Waals surface area contributed by atoms with Gasteiger partial charge in [-0.05, 0) is 47.4 Å². The summed E-state index contributed by atoms with van der Waals surface area (Å²) in [6.45, 7) is 7.50. The van der Waals surface area contributed by atoms with E-state index in [9.17, 15) is 0 Å². The number of benzene rings is 2. The van der Waals surface area contributed by atoms with Gasteiger partial charge in [0.2, 0.25) is 0 Å². The number of nitrogens with one attached hydrogen (secondary N) is 1. The summed E-state index contributed by atoms with van der Waals surface area (Å²) in [5, 5.41) is 3.42. The first-order chi connectivity index (χ1) is 13.3. The van der Waals surface area contributed by atoms with Crippen LogP contribution in [0.4, 0.5) is 5.69 Å². The lowest BCUT2D eigenvalue weighted by Gasteiger charge is -2.47. The summed E-state index contributed by atoms with van der Waals surface area (Å²) < 4.78 is 12.5. The first-order valence-corrected chi connectivity index (χ1v) is 10.1. The SMILES string of the molecule is c1cc2c(cc1C1COc3cc(C4CN5CCN4CC5)ccc3O1)CCN2. The lowest BCUT2D eigenvalue weighted by atomic mass is 9.98. The summed E-state index contributed by atoms with van der Waals surface area (Å²) in [6.07, 6.45) is 1.06. The highest BCUT2D eigenvalue weighted by molar-refractivity contribution is 5.57. The van der Waals surface area contributed by atoms with Gasteiger partial charge in [0, 0.05) is 51.0 Å². The van der Waals surface area contributed by atoms with E-state index < -0.39 is 0 Å². The Balaban J connectivity index is 1.23. The number of fused-ring (bicyclic) bond motifs is 5. The van der Waals surface area contributed by atoms with Crippen LogP contribution in [0.2, 0.25) is 0 Å². The normalized spacial score (nSPS) is 30.7. The van der Waals surface area contributed by atoms with Gasteiger partial charge in [0.25, 0.3) is 0 Å². The monoisotopic (exact) mass is 363 g/mol. The zero-order valence-corrected chi connectivity index (χ0v) is 15.5. The molecule has 3 fully saturated rings. The molecule has 2 unspecified atom stereocenters. The first kappa shape index (κ1) is 15.8. The van der Waals surface area contributed by atoms with Crippen molar-refractivity contribution in [2.75, 3.05) is 51.2 Å². The number of anilines is 1. The van der Waals surface area contributed by atoms with E-state index in [-0.39, 0.29) is 6.10 Å². The van der Waals surface area contributed by atoms with E-state index >= 15 is 0 Å². The van der Waals surface area contributed by atoms with Gasteiger partial charge >= 0.3 is 0 Å². The Hall–Kier alpha value is -2.24. The molecule has 5 aliphatic heterocycles. The van der Waals surface area contributed by atoms with Gasteiger partial charge in [0.15, 0.2) is 17.6 Å². The molecule has 0 aromatic heterocycles. The van der Waals surface area contributed by atoms with E-state index in [0.717, 1.165) is 31.0 Å². The van der Waals surface area contributed by atoms with Crippen LogP contribution in [0.3, 0.4) is 0 Å². The maximum atomic E-state index is 6.31. The largest absolute Gasteiger partial charge is 0.485 e. The van der Waals surface area contributed by atoms with Crippen LogP contribution in [0.5, 0.6) is 11.5 Å². The molecule has 140 valence electrons. The van der Waals surface area contributed by atoms with Crippen molar-refractivity contribution in [1.29, 1.82) is 0 Å². The second kappa shape index (κ2) is 6.14. The van der Waals surface area contributed by atoms with Crippen LogP contribution in [0, 0.1) is 0 Å². The van der Waals surface area contributed by atoms with Crippen LogP contribution in [0.1, 0.15) is 28.8 Å². The Bertz CT molecular complexity index is 876. The number of nitrogens with zero attached hydrogens (tertiary/aromatic N) is 2. The second-order valence-corrected chi connectivity index (χ2v) is 8.07. The molecule has 5 nitrogen and oxygen atoms in total. The van der Waals surface area contributed by atoms with E-state index in [1.165, 1.54) is 48.6 Å². The Morgan fingerprint density at radius 3 is 2.67 bits per heavy atom. The third-order valence-electron chi connectivity index (χ3n) is 6.50. The standard InChI is InChI=1S/C22H25N3O2/c1-3-18-15(5-6-23-18)11-17(1)22-14-26-21-12-16(2-4-20(21)27-22)19-13-24-7-9-25(19)10-8-24/h1-4,11-12,19,22-23H,5-10,13-14H2. The van der Waals surface area contributed by atoms with Crippen molar-refractivity contribution >= 4 is 5.69 Å². The van der Waals surface area contributed by atoms with Crippen molar-refractivity contribution in [3.8, 4) is 11.5 Å². The van der Waals surface area contributed by atoms with Crippen LogP contribution in [0.15, 0.2) is 36.4 Å². The minimum absolute atomic E-state index is 0.0326. The van der Waals surface area contributed by atoms with Crippen LogP contribution in [0.25, 0.3) is 0 Å². The maximum Gasteiger partial charge on any atom is 0.162 e. The van der Waals surface area contributed by atoms with Gasteiger partial charge in [0.05, 0.1) is 0 Å². The van der Waals surface area contributed by atoms with Crippen molar-refractivity contribution in [2.45, 2.75) is 18.6 Å². The van der Waals surface area contributed by atoms with E-state index in [4.69, 9.17) is 9.47 Å². The molecule has 5 heterocycles. The lowest BCUT2D eigenvalue weighted by molar-refractivity contribution is 0.0120. The van der Waals surface area contributed by atoms with Crippen molar-refractivity contribution in [2.24, 2.45) is 0 Å². The lowest BCUT2D eigenvalue weighted by Crippen LogP contribution is -2.56. The minimum atomic E-state index is -0.0326. The molecule has 5 heteroatoms. The number of ether oxygens (including phenoxy) is 2. The topological polar surface area (TPSA) is 37.0 Å². The molecule has 0 saturated carbocycles. The Morgan fingerprint density at radius 2 is 1.81 bits per heavy atom. The highest BCUT2D eigenvalue weighted by atomic mass is 16.6. The third-order valence-corrected chi connectivity index (χ3v) is 6.50. The van der Waals surface area contributed by atoms with Gasteiger partial charge < -0.3 is 14.8 Å². The summed E-state index contributed by atoms with van der Waals surface area (Å²) >= 11 is 0. The molecule has 7 rings (SSSR count). The molecule has 3 saturated heterocycles. The Morgan fingerprint density at radius 1 is 0.926 bits per heavy atom. The van der Waals surface area contributed by atoms with Crippen LogP contribution in [-0.2, 0) is 6.42 Å². The fourth-order valence-corrected chi connectivity index (χ4v) is 4.92. The van der Waals surface area contributed by atoms with E-state index in [2.05, 4.69) is 51.5 Å². The summed E-state index contributed by atoms with van der Waals surface area (Å²) in [5.41, 5.74) is 5.20. The van der Waals surface area contributed by atoms with Crippen molar-refractivity contribution in [1.82, 2.24) is 9.80 Å². The van der Waals surface area contributed by atoms with E-state index in [1.54, 1.807) is 0 Å². The molecule has 0 spiro atoms. The fourth-order valence-electron chi connectivity index (χ4n) is 4.92. The molecule has 2 bridgehead atoms. The summed E-state index contributed by atoms with van der Waals surface area (Å²) in [7, 11) is 0. The molecular weight excluding hydrogens is 338 g/mol. The van der Waals surface area contributed by atoms with Gasteiger partial charge in [-0.3, -0.25) is 9.80 Å². The first-order valence-electron chi connectivity index (χ1n) is 10.1. The molecule has 2 aromatic rings. The van der Waals surface area contributed by atoms with Crippen LogP contribution in [-0.4, -0.2) is 55.7 Å². The van der Waals surface area contributed by atoms with Crippen molar-refractivity contribution in [3.63, 3.8) is 0 Å². The Labute approximate surface area is 159 Å². The molecule has 2 atom stereocenters. The summed E-state index contributed by atoms with van der Waals surface area (Å²) in [6, 6.07) is 13.6. The Kier molecular flexibility index (Phi) is 3.59. The quantitative estimate of drug-likeness (QED) is 0.888. The molecule has 5 aliphatic rings. The number of rotatable bonds is 2. The maximum absolute atomic E-state index is 6.31. The predicted molar refractivity (Wildman–Crippen MR) is 105 cm³/mol. The van der Waals surface area contributed by atoms with Gasteiger partial charge in [-0.15, -0.1) is 0 Å². The van der Waals surface area contributed by atoms with Crippen molar-refractivity contribution < 1.29 is 9.47 Å². The molecular formula is C22H25N3O2. The summed E-state index contributed by atoms with van der Waals surface area (Å²) in [5.74, 6) is 1.76. The summed E-state index contributed by atoms with van der Waals surface area (Å²) in [4.78, 5) is 5.17. The number of hydrogen-bond acceptors (Lipinski definition) is 5.